The number of nitrogens with zero attached hydrogens (tertiary/aromatic N) is 3. The molecule has 0 aromatic rings. The topological polar surface area (TPSA) is 28.2 Å². The monoisotopic (exact) mass is 868 g/mol. The first-order valence-electron chi connectivity index (χ1n) is 26.3. The molecule has 6 fully saturated rings. The molecule has 0 N–H and O–H groups in total. The molecule has 4 unspecified atom stereocenters. The van der Waals surface area contributed by atoms with Gasteiger partial charge in [0.1, 0.15) is 0 Å². The maximum atomic E-state index is 5.58. The van der Waals surface area contributed by atoms with E-state index in [1.807, 2.05) is 0 Å². The van der Waals surface area contributed by atoms with Crippen LogP contribution in [0.2, 0.25) is 0 Å². The standard InChI is InChI=1S/C25H49N.C24H46N2.C8H14O2/c1-19-15-22(3,4)21(23(5,6)16-19)13-11-12-14-26-24(7,8)17-20(2)18-25(26,9)10;1-19-15-21(3,4)25(22(5,6)16-19)13-11-12-14-26-23(7,8)17-20(2)18-24(26,9)10;1-5-3-9-8-6(2)4-10-7(5)8/h19-21H,11-18H2,1-10H3;11-12,19-20H,13-18H2,1-10H3;5-8H,3-4H2,1-2H3. The van der Waals surface area contributed by atoms with Crippen molar-refractivity contribution in [1.29, 1.82) is 0 Å². The van der Waals surface area contributed by atoms with Crippen LogP contribution in [0.15, 0.2) is 12.2 Å². The molecule has 5 aliphatic heterocycles. The van der Waals surface area contributed by atoms with Crippen molar-refractivity contribution in [2.75, 3.05) is 32.8 Å². The van der Waals surface area contributed by atoms with Gasteiger partial charge in [0.15, 0.2) is 0 Å². The van der Waals surface area contributed by atoms with E-state index in [1.54, 1.807) is 0 Å². The number of likely N-dealkylation sites (tertiary alicyclic amines) is 3. The molecule has 6 aliphatic rings. The third kappa shape index (κ3) is 13.4. The summed E-state index contributed by atoms with van der Waals surface area (Å²) in [4.78, 5) is 8.29. The number of unbranched alkanes of at least 4 members (excludes halogenated alkanes) is 1. The average molecular weight is 869 g/mol. The lowest BCUT2D eigenvalue weighted by molar-refractivity contribution is -0.0511. The Hall–Kier alpha value is -0.460. The molecule has 0 aromatic heterocycles. The summed E-state index contributed by atoms with van der Waals surface area (Å²) in [5.74, 6) is 5.45. The van der Waals surface area contributed by atoms with E-state index in [1.165, 1.54) is 77.2 Å². The van der Waals surface area contributed by atoms with Crippen molar-refractivity contribution in [3.05, 3.63) is 12.2 Å². The minimum Gasteiger partial charge on any atom is -0.375 e. The molecule has 4 atom stereocenters. The molecule has 0 amide bonds. The fraction of sp³-hybridized carbons (Fsp3) is 0.965. The van der Waals surface area contributed by atoms with Crippen molar-refractivity contribution in [3.63, 3.8) is 0 Å². The van der Waals surface area contributed by atoms with E-state index >= 15 is 0 Å². The van der Waals surface area contributed by atoms with Crippen LogP contribution in [-0.4, -0.2) is 93.0 Å². The van der Waals surface area contributed by atoms with Gasteiger partial charge in [-0.25, -0.2) is 0 Å². The Morgan fingerprint density at radius 2 is 0.694 bits per heavy atom. The van der Waals surface area contributed by atoms with Gasteiger partial charge in [-0.1, -0.05) is 87.8 Å². The molecule has 5 saturated heterocycles. The number of piperidine rings is 3. The molecule has 0 spiro atoms. The molecule has 1 aliphatic carbocycles. The van der Waals surface area contributed by atoms with Crippen molar-refractivity contribution in [2.45, 2.75) is 268 Å². The minimum absolute atomic E-state index is 0.282. The van der Waals surface area contributed by atoms with Gasteiger partial charge in [0, 0.05) is 58.2 Å². The van der Waals surface area contributed by atoms with Crippen molar-refractivity contribution < 1.29 is 9.47 Å². The van der Waals surface area contributed by atoms with Crippen LogP contribution in [0.1, 0.15) is 223 Å². The minimum atomic E-state index is 0.282. The third-order valence-electron chi connectivity index (χ3n) is 17.5. The Kier molecular flexibility index (Phi) is 17.5. The Balaban J connectivity index is 0.000000222. The van der Waals surface area contributed by atoms with Gasteiger partial charge in [0.2, 0.25) is 0 Å². The van der Waals surface area contributed by atoms with Crippen LogP contribution in [0.3, 0.4) is 0 Å². The smallest absolute Gasteiger partial charge is 0.0887 e. The summed E-state index contributed by atoms with van der Waals surface area (Å²) >= 11 is 0. The lowest BCUT2D eigenvalue weighted by Crippen LogP contribution is -2.60. The summed E-state index contributed by atoms with van der Waals surface area (Å²) in [6.07, 6.45) is 20.5. The van der Waals surface area contributed by atoms with E-state index in [2.05, 4.69) is 179 Å². The Morgan fingerprint density at radius 3 is 1.02 bits per heavy atom. The Labute approximate surface area is 388 Å². The van der Waals surface area contributed by atoms with E-state index < -0.39 is 0 Å². The van der Waals surface area contributed by atoms with Crippen LogP contribution in [0.5, 0.6) is 0 Å². The van der Waals surface area contributed by atoms with Crippen LogP contribution in [-0.2, 0) is 9.47 Å². The second kappa shape index (κ2) is 20.0. The predicted molar refractivity (Wildman–Crippen MR) is 270 cm³/mol. The van der Waals surface area contributed by atoms with E-state index in [4.69, 9.17) is 9.47 Å². The Morgan fingerprint density at radius 1 is 0.403 bits per heavy atom. The molecule has 6 rings (SSSR count). The molecule has 0 bridgehead atoms. The highest BCUT2D eigenvalue weighted by molar-refractivity contribution is 5.06. The van der Waals surface area contributed by atoms with Gasteiger partial charge in [-0.3, -0.25) is 14.7 Å². The average Bonchev–Trinajstić information content (AvgIpc) is 3.60. The second-order valence-electron chi connectivity index (χ2n) is 28.3. The number of hydrogen-bond donors (Lipinski definition) is 0. The zero-order valence-electron chi connectivity index (χ0n) is 45.8. The zero-order valence-corrected chi connectivity index (χ0v) is 45.8. The van der Waals surface area contributed by atoms with Crippen LogP contribution < -0.4 is 0 Å². The number of rotatable bonds is 9. The summed E-state index contributed by atoms with van der Waals surface area (Å²) in [6, 6.07) is 0. The van der Waals surface area contributed by atoms with Gasteiger partial charge in [0.25, 0.3) is 0 Å². The molecule has 0 radical (unpaired) electrons. The van der Waals surface area contributed by atoms with Gasteiger partial charge >= 0.3 is 0 Å². The van der Waals surface area contributed by atoms with E-state index in [-0.39, 0.29) is 22.2 Å². The lowest BCUT2D eigenvalue weighted by Gasteiger charge is -2.55. The third-order valence-corrected chi connectivity index (χ3v) is 17.5. The fourth-order valence-corrected chi connectivity index (χ4v) is 16.9. The number of hydrogen-bond acceptors (Lipinski definition) is 5. The highest BCUT2D eigenvalue weighted by Crippen LogP contribution is 2.55. The summed E-state index contributed by atoms with van der Waals surface area (Å²) in [7, 11) is 0. The molecular formula is C57H109N3O2. The summed E-state index contributed by atoms with van der Waals surface area (Å²) in [5, 5.41) is 0. The molecule has 5 heteroatoms. The van der Waals surface area contributed by atoms with Crippen LogP contribution in [0.25, 0.3) is 0 Å². The lowest BCUT2D eigenvalue weighted by atomic mass is 9.53. The first kappa shape index (κ1) is 54.1. The van der Waals surface area contributed by atoms with Gasteiger partial charge in [-0.05, 0) is 194 Å². The first-order valence-corrected chi connectivity index (χ1v) is 26.3. The molecule has 5 heterocycles. The SMILES string of the molecule is CC1CC(C)(C)C(CCCCN2C(C)(C)CC(C)CC2(C)C)C(C)(C)C1.CC1CC(C)(C)N(CC=CCN2C(C)(C)CC(C)CC2(C)C)C(C)(C)C1.CC1COC2C(C)COC12. The van der Waals surface area contributed by atoms with E-state index in [0.717, 1.165) is 55.9 Å². The van der Waals surface area contributed by atoms with Crippen LogP contribution in [0.4, 0.5) is 0 Å². The zero-order chi connectivity index (χ0) is 47.1. The van der Waals surface area contributed by atoms with Gasteiger partial charge in [-0.15, -0.1) is 0 Å². The molecule has 5 nitrogen and oxygen atoms in total. The maximum Gasteiger partial charge on any atom is 0.0887 e. The van der Waals surface area contributed by atoms with E-state index in [0.29, 0.717) is 46.0 Å². The maximum absolute atomic E-state index is 5.58. The van der Waals surface area contributed by atoms with Crippen molar-refractivity contribution in [1.82, 2.24) is 14.7 Å². The predicted octanol–water partition coefficient (Wildman–Crippen LogP) is 14.7. The van der Waals surface area contributed by atoms with Gasteiger partial charge in [0.05, 0.1) is 25.4 Å². The van der Waals surface area contributed by atoms with Crippen molar-refractivity contribution in [2.24, 2.45) is 52.3 Å². The highest BCUT2D eigenvalue weighted by atomic mass is 16.6. The van der Waals surface area contributed by atoms with Crippen LogP contribution in [0, 0.1) is 52.3 Å². The van der Waals surface area contributed by atoms with Crippen LogP contribution >= 0.6 is 0 Å². The number of fused-ring (bicyclic) bond motifs is 1. The summed E-state index contributed by atoms with van der Waals surface area (Å²) < 4.78 is 11.2. The van der Waals surface area contributed by atoms with Crippen molar-refractivity contribution >= 4 is 0 Å². The van der Waals surface area contributed by atoms with E-state index in [9.17, 15) is 0 Å². The van der Waals surface area contributed by atoms with Crippen molar-refractivity contribution in [3.8, 4) is 0 Å². The molecule has 0 aromatic carbocycles. The molecular weight excluding hydrogens is 759 g/mol. The number of ether oxygens (including phenoxy) is 2. The Bertz CT molecular complexity index is 1260. The quantitative estimate of drug-likeness (QED) is 0.170. The molecule has 1 saturated carbocycles. The first-order chi connectivity index (χ1) is 28.1. The highest BCUT2D eigenvalue weighted by Gasteiger charge is 2.48. The largest absolute Gasteiger partial charge is 0.375 e. The normalized spacial score (nSPS) is 35.5. The molecule has 364 valence electrons. The summed E-state index contributed by atoms with van der Waals surface area (Å²) in [5.41, 5.74) is 2.82. The molecule has 62 heavy (non-hydrogen) atoms. The summed E-state index contributed by atoms with van der Waals surface area (Å²) in [6.45, 7) is 58.8. The fourth-order valence-electron chi connectivity index (χ4n) is 16.9. The van der Waals surface area contributed by atoms with Gasteiger partial charge < -0.3 is 9.47 Å². The second-order valence-corrected chi connectivity index (χ2v) is 28.3. The van der Waals surface area contributed by atoms with Gasteiger partial charge in [-0.2, -0.15) is 0 Å².